The Kier molecular flexibility index (Phi) is 4.08. The molecule has 2 heterocycles. The smallest absolute Gasteiger partial charge is 0.159 e. The summed E-state index contributed by atoms with van der Waals surface area (Å²) < 4.78 is 5.20. The summed E-state index contributed by atoms with van der Waals surface area (Å²) in [6, 6.07) is 5.76. The average Bonchev–Trinajstić information content (AvgIpc) is 3.04. The molecule has 0 atom stereocenters. The third-order valence-electron chi connectivity index (χ3n) is 3.17. The lowest BCUT2D eigenvalue weighted by atomic mass is 10.2. The van der Waals surface area contributed by atoms with Gasteiger partial charge >= 0.3 is 0 Å². The van der Waals surface area contributed by atoms with E-state index >= 15 is 0 Å². The minimum Gasteiger partial charge on any atom is -0.497 e. The van der Waals surface area contributed by atoms with Crippen LogP contribution in [0.25, 0.3) is 22.6 Å². The molecule has 1 aromatic carbocycles. The Hall–Kier alpha value is -2.30. The van der Waals surface area contributed by atoms with E-state index in [0.29, 0.717) is 0 Å². The summed E-state index contributed by atoms with van der Waals surface area (Å²) in [6.45, 7) is 8.03. The number of aromatic amines is 2. The van der Waals surface area contributed by atoms with Crippen molar-refractivity contribution in [3.63, 3.8) is 0 Å². The first-order valence-electron chi connectivity index (χ1n) is 6.74. The molecule has 0 saturated heterocycles. The number of ether oxygens (including phenoxy) is 1. The maximum absolute atomic E-state index is 5.20. The largest absolute Gasteiger partial charge is 0.497 e. The number of rotatable bonds is 2. The highest BCUT2D eigenvalue weighted by Crippen LogP contribution is 2.25. The molecule has 2 N–H and O–H groups in total. The van der Waals surface area contributed by atoms with Gasteiger partial charge in [-0.1, -0.05) is 13.8 Å². The number of aromatic nitrogens is 4. The number of hydrogen-bond donors (Lipinski definition) is 2. The van der Waals surface area contributed by atoms with Gasteiger partial charge < -0.3 is 9.72 Å². The normalized spacial score (nSPS) is 10.2. The van der Waals surface area contributed by atoms with Crippen LogP contribution >= 0.6 is 0 Å². The van der Waals surface area contributed by atoms with Gasteiger partial charge in [-0.25, -0.2) is 4.98 Å². The summed E-state index contributed by atoms with van der Waals surface area (Å²) in [6.07, 6.45) is 0. The molecule has 0 amide bonds. The number of benzene rings is 1. The third kappa shape index (κ3) is 2.39. The summed E-state index contributed by atoms with van der Waals surface area (Å²) in [5, 5.41) is 7.24. The molecular formula is C15H20N4O. The maximum Gasteiger partial charge on any atom is 0.159 e. The van der Waals surface area contributed by atoms with Crippen molar-refractivity contribution in [1.29, 1.82) is 0 Å². The van der Waals surface area contributed by atoms with E-state index in [1.807, 2.05) is 45.9 Å². The number of aryl methyl sites for hydroxylation is 1. The predicted molar refractivity (Wildman–Crippen MR) is 81.0 cm³/mol. The van der Waals surface area contributed by atoms with Crippen LogP contribution in [-0.2, 0) is 0 Å². The van der Waals surface area contributed by atoms with E-state index in [4.69, 9.17) is 4.74 Å². The molecule has 0 aliphatic heterocycles. The quantitative estimate of drug-likeness (QED) is 0.749. The zero-order valence-electron chi connectivity index (χ0n) is 12.5. The number of fused-ring (bicyclic) bond motifs is 1. The van der Waals surface area contributed by atoms with Crippen LogP contribution in [0.2, 0.25) is 0 Å². The molecule has 0 bridgehead atoms. The van der Waals surface area contributed by atoms with Gasteiger partial charge in [0.05, 0.1) is 18.1 Å². The van der Waals surface area contributed by atoms with Crippen LogP contribution in [0.5, 0.6) is 5.75 Å². The zero-order valence-corrected chi connectivity index (χ0v) is 12.5. The molecule has 106 valence electrons. The predicted octanol–water partition coefficient (Wildman–Crippen LogP) is 3.60. The first-order chi connectivity index (χ1) is 9.69. The fourth-order valence-corrected chi connectivity index (χ4v) is 1.94. The van der Waals surface area contributed by atoms with Crippen LogP contribution in [0, 0.1) is 13.8 Å². The van der Waals surface area contributed by atoms with E-state index in [1.54, 1.807) is 7.11 Å². The molecule has 5 nitrogen and oxygen atoms in total. The van der Waals surface area contributed by atoms with Crippen LogP contribution in [0.4, 0.5) is 0 Å². The number of nitrogens with zero attached hydrogens (tertiary/aromatic N) is 2. The van der Waals surface area contributed by atoms with Gasteiger partial charge in [0, 0.05) is 17.3 Å². The highest BCUT2D eigenvalue weighted by atomic mass is 16.5. The second kappa shape index (κ2) is 5.77. The number of imidazole rings is 1. The van der Waals surface area contributed by atoms with Crippen molar-refractivity contribution in [1.82, 2.24) is 20.2 Å². The Morgan fingerprint density at radius 2 is 1.90 bits per heavy atom. The van der Waals surface area contributed by atoms with Crippen molar-refractivity contribution < 1.29 is 4.74 Å². The van der Waals surface area contributed by atoms with Gasteiger partial charge in [-0.3, -0.25) is 5.10 Å². The van der Waals surface area contributed by atoms with Gasteiger partial charge in [-0.15, -0.1) is 0 Å². The summed E-state index contributed by atoms with van der Waals surface area (Å²) in [5.41, 5.74) is 4.89. The lowest BCUT2D eigenvalue weighted by Gasteiger charge is -1.96. The second-order valence-corrected chi connectivity index (χ2v) is 4.29. The summed E-state index contributed by atoms with van der Waals surface area (Å²) in [5.74, 6) is 1.59. The summed E-state index contributed by atoms with van der Waals surface area (Å²) in [7, 11) is 1.65. The second-order valence-electron chi connectivity index (χ2n) is 4.29. The van der Waals surface area contributed by atoms with Gasteiger partial charge in [0.1, 0.15) is 11.4 Å². The van der Waals surface area contributed by atoms with Gasteiger partial charge in [-0.2, -0.15) is 5.10 Å². The maximum atomic E-state index is 5.20. The Morgan fingerprint density at radius 1 is 1.15 bits per heavy atom. The van der Waals surface area contributed by atoms with Crippen molar-refractivity contribution in [2.45, 2.75) is 27.7 Å². The molecule has 3 rings (SSSR count). The first kappa shape index (κ1) is 14.1. The molecule has 3 aromatic rings. The minimum atomic E-state index is 0.778. The SMILES string of the molecule is CC.COc1ccc2nc(-c3n[nH]c(C)c3C)[nH]c2c1. The van der Waals surface area contributed by atoms with Crippen molar-refractivity contribution in [3.8, 4) is 17.3 Å². The number of nitrogens with one attached hydrogen (secondary N) is 2. The van der Waals surface area contributed by atoms with Gasteiger partial charge in [0.15, 0.2) is 5.82 Å². The van der Waals surface area contributed by atoms with Crippen LogP contribution in [0.3, 0.4) is 0 Å². The van der Waals surface area contributed by atoms with E-state index in [2.05, 4.69) is 20.2 Å². The molecule has 0 fully saturated rings. The molecule has 5 heteroatoms. The van der Waals surface area contributed by atoms with Gasteiger partial charge in [0.25, 0.3) is 0 Å². The van der Waals surface area contributed by atoms with E-state index in [9.17, 15) is 0 Å². The third-order valence-corrected chi connectivity index (χ3v) is 3.17. The molecule has 0 aliphatic rings. The van der Waals surface area contributed by atoms with E-state index in [0.717, 1.165) is 39.6 Å². The van der Waals surface area contributed by atoms with Gasteiger partial charge in [0.2, 0.25) is 0 Å². The lowest BCUT2D eigenvalue weighted by molar-refractivity contribution is 0.415. The molecule has 0 unspecified atom stereocenters. The fraction of sp³-hybridized carbons (Fsp3) is 0.333. The molecule has 0 saturated carbocycles. The number of hydrogen-bond acceptors (Lipinski definition) is 3. The Labute approximate surface area is 118 Å². The first-order valence-corrected chi connectivity index (χ1v) is 6.74. The van der Waals surface area contributed by atoms with Gasteiger partial charge in [-0.05, 0) is 26.0 Å². The minimum absolute atomic E-state index is 0.778. The van der Waals surface area contributed by atoms with Crippen LogP contribution in [0.15, 0.2) is 18.2 Å². The standard InChI is InChI=1S/C13H14N4O.C2H6/c1-7-8(2)16-17-12(7)13-14-10-5-4-9(18-3)6-11(10)15-13;1-2/h4-6H,1-3H3,(H,14,15)(H,16,17);1-2H3. The number of methoxy groups -OCH3 is 1. The van der Waals surface area contributed by atoms with Crippen molar-refractivity contribution in [2.75, 3.05) is 7.11 Å². The zero-order chi connectivity index (χ0) is 14.7. The van der Waals surface area contributed by atoms with Crippen molar-refractivity contribution in [3.05, 3.63) is 29.5 Å². The Morgan fingerprint density at radius 3 is 2.50 bits per heavy atom. The van der Waals surface area contributed by atoms with E-state index in [1.165, 1.54) is 0 Å². The monoisotopic (exact) mass is 272 g/mol. The molecule has 20 heavy (non-hydrogen) atoms. The topological polar surface area (TPSA) is 66.6 Å². The lowest BCUT2D eigenvalue weighted by Crippen LogP contribution is -1.83. The number of H-pyrrole nitrogens is 2. The Bertz CT molecular complexity index is 712. The molecule has 0 radical (unpaired) electrons. The van der Waals surface area contributed by atoms with Crippen LogP contribution in [-0.4, -0.2) is 27.3 Å². The molecule has 0 aliphatic carbocycles. The Balaban J connectivity index is 0.000000704. The highest BCUT2D eigenvalue weighted by molar-refractivity contribution is 5.80. The summed E-state index contributed by atoms with van der Waals surface area (Å²) >= 11 is 0. The fourth-order valence-electron chi connectivity index (χ4n) is 1.94. The molecular weight excluding hydrogens is 252 g/mol. The van der Waals surface area contributed by atoms with Crippen molar-refractivity contribution >= 4 is 11.0 Å². The highest BCUT2D eigenvalue weighted by Gasteiger charge is 2.12. The average molecular weight is 272 g/mol. The molecule has 2 aromatic heterocycles. The van der Waals surface area contributed by atoms with E-state index in [-0.39, 0.29) is 0 Å². The molecule has 0 spiro atoms. The van der Waals surface area contributed by atoms with E-state index < -0.39 is 0 Å². The van der Waals surface area contributed by atoms with Crippen LogP contribution < -0.4 is 4.74 Å². The summed E-state index contributed by atoms with van der Waals surface area (Å²) in [4.78, 5) is 7.81. The van der Waals surface area contributed by atoms with Crippen molar-refractivity contribution in [2.24, 2.45) is 0 Å². The van der Waals surface area contributed by atoms with Crippen LogP contribution in [0.1, 0.15) is 25.1 Å².